The number of likely N-dealkylation sites (tertiary alicyclic amines) is 1. The van der Waals surface area contributed by atoms with E-state index in [-0.39, 0.29) is 24.2 Å². The van der Waals surface area contributed by atoms with Crippen molar-refractivity contribution in [3.05, 3.63) is 59.4 Å². The van der Waals surface area contributed by atoms with Gasteiger partial charge in [-0.05, 0) is 61.9 Å². The maximum absolute atomic E-state index is 12.5. The van der Waals surface area contributed by atoms with Crippen LogP contribution in [-0.4, -0.2) is 50.4 Å². The maximum atomic E-state index is 12.5. The average Bonchev–Trinajstić information content (AvgIpc) is 3.44. The first-order valence-corrected chi connectivity index (χ1v) is 11.9. The molecular weight excluding hydrogens is 464 g/mol. The highest BCUT2D eigenvalue weighted by Crippen LogP contribution is 2.25. The smallest absolute Gasteiger partial charge is 0.239 e. The number of rotatable bonds is 9. The van der Waals surface area contributed by atoms with E-state index < -0.39 is 0 Å². The summed E-state index contributed by atoms with van der Waals surface area (Å²) < 4.78 is 13.2. The number of carbonyl (C=O) groups is 2. The Bertz CT molecular complexity index is 1120. The van der Waals surface area contributed by atoms with Crippen LogP contribution < -0.4 is 9.47 Å². The Balaban J connectivity index is 1.51. The monoisotopic (exact) mass is 486 g/mol. The largest absolute Gasteiger partial charge is 0.494 e. The summed E-state index contributed by atoms with van der Waals surface area (Å²) in [5, 5.41) is 9.69. The molecule has 0 spiro atoms. The minimum Gasteiger partial charge on any atom is -0.494 e. The molecule has 1 aliphatic rings. The first kappa shape index (κ1) is 23.1. The summed E-state index contributed by atoms with van der Waals surface area (Å²) in [4.78, 5) is 25.7. The van der Waals surface area contributed by atoms with Gasteiger partial charge in [0.2, 0.25) is 11.8 Å². The number of ether oxygens (including phenoxy) is 2. The predicted octanol–water partition coefficient (Wildman–Crippen LogP) is 4.14. The van der Waals surface area contributed by atoms with E-state index in [0.29, 0.717) is 47.7 Å². The molecule has 0 N–H and O–H groups in total. The van der Waals surface area contributed by atoms with Gasteiger partial charge in [-0.1, -0.05) is 23.4 Å². The Hall–Kier alpha value is -3.04. The molecule has 1 aromatic heterocycles. The molecule has 2 aromatic carbocycles. The first-order chi connectivity index (χ1) is 16.0. The second-order valence-electron chi connectivity index (χ2n) is 7.24. The SMILES string of the molecule is CCOc1ccc(OCc2nnc(SCC(=O)N3CCCC3=O)n2-c2ccc(Cl)cc2)cc1. The number of aromatic nitrogens is 3. The molecule has 1 aliphatic heterocycles. The lowest BCUT2D eigenvalue weighted by Gasteiger charge is -2.14. The number of thioether (sulfide) groups is 1. The van der Waals surface area contributed by atoms with E-state index in [1.54, 1.807) is 12.1 Å². The number of carbonyl (C=O) groups excluding carboxylic acids is 2. The van der Waals surface area contributed by atoms with Gasteiger partial charge in [-0.25, -0.2) is 0 Å². The maximum Gasteiger partial charge on any atom is 0.239 e. The Morgan fingerprint density at radius 2 is 1.76 bits per heavy atom. The molecule has 0 aliphatic carbocycles. The van der Waals surface area contributed by atoms with E-state index in [2.05, 4.69) is 10.2 Å². The number of amides is 2. The fourth-order valence-corrected chi connectivity index (χ4v) is 4.37. The van der Waals surface area contributed by atoms with E-state index >= 15 is 0 Å². The molecule has 8 nitrogen and oxygen atoms in total. The van der Waals surface area contributed by atoms with Gasteiger partial charge in [0.15, 0.2) is 11.0 Å². The summed E-state index contributed by atoms with van der Waals surface area (Å²) in [5.74, 6) is 1.76. The van der Waals surface area contributed by atoms with Gasteiger partial charge in [0.1, 0.15) is 18.1 Å². The summed E-state index contributed by atoms with van der Waals surface area (Å²) in [7, 11) is 0. The minimum atomic E-state index is -0.222. The normalized spacial score (nSPS) is 13.4. The van der Waals surface area contributed by atoms with Crippen LogP contribution >= 0.6 is 23.4 Å². The van der Waals surface area contributed by atoms with E-state index in [9.17, 15) is 9.59 Å². The van der Waals surface area contributed by atoms with Crippen molar-refractivity contribution >= 4 is 35.2 Å². The highest BCUT2D eigenvalue weighted by Gasteiger charge is 2.27. The van der Waals surface area contributed by atoms with E-state index in [4.69, 9.17) is 21.1 Å². The zero-order chi connectivity index (χ0) is 23.2. The van der Waals surface area contributed by atoms with E-state index in [1.807, 2.05) is 47.9 Å². The van der Waals surface area contributed by atoms with Crippen molar-refractivity contribution in [2.45, 2.75) is 31.5 Å². The highest BCUT2D eigenvalue weighted by atomic mass is 35.5. The third kappa shape index (κ3) is 5.66. The van der Waals surface area contributed by atoms with Crippen molar-refractivity contribution in [3.8, 4) is 17.2 Å². The molecule has 0 unspecified atom stereocenters. The predicted molar refractivity (Wildman–Crippen MR) is 125 cm³/mol. The lowest BCUT2D eigenvalue weighted by molar-refractivity contribution is -0.140. The Morgan fingerprint density at radius 3 is 2.39 bits per heavy atom. The summed E-state index contributed by atoms with van der Waals surface area (Å²) in [6.07, 6.45) is 1.13. The van der Waals surface area contributed by atoms with Crippen LogP contribution in [0, 0.1) is 0 Å². The molecule has 2 amide bonds. The minimum absolute atomic E-state index is 0.0945. The molecule has 2 heterocycles. The molecule has 4 rings (SSSR count). The number of nitrogens with zero attached hydrogens (tertiary/aromatic N) is 4. The zero-order valence-corrected chi connectivity index (χ0v) is 19.6. The van der Waals surface area contributed by atoms with Crippen molar-refractivity contribution in [2.75, 3.05) is 18.9 Å². The molecule has 1 fully saturated rings. The molecule has 33 heavy (non-hydrogen) atoms. The topological polar surface area (TPSA) is 86.6 Å². The second-order valence-corrected chi connectivity index (χ2v) is 8.61. The van der Waals surface area contributed by atoms with Crippen LogP contribution in [0.5, 0.6) is 11.5 Å². The lowest BCUT2D eigenvalue weighted by atomic mass is 10.3. The van der Waals surface area contributed by atoms with E-state index in [1.165, 1.54) is 16.7 Å². The van der Waals surface area contributed by atoms with Crippen LogP contribution in [0.4, 0.5) is 0 Å². The first-order valence-electron chi connectivity index (χ1n) is 10.6. The molecule has 10 heteroatoms. The third-order valence-corrected chi connectivity index (χ3v) is 6.15. The van der Waals surface area contributed by atoms with Gasteiger partial charge in [-0.15, -0.1) is 10.2 Å². The number of imide groups is 1. The highest BCUT2D eigenvalue weighted by molar-refractivity contribution is 7.99. The molecule has 0 radical (unpaired) electrons. The fraction of sp³-hybridized carbons (Fsp3) is 0.304. The quantitative estimate of drug-likeness (QED) is 0.420. The standard InChI is InChI=1S/C23H23ClN4O4S/c1-2-31-18-9-11-19(12-10-18)32-14-20-25-26-23(28(20)17-7-5-16(24)6-8-17)33-15-22(30)27-13-3-4-21(27)29/h5-12H,2-4,13-15H2,1H3. The molecule has 3 aromatic rings. The van der Waals surface area contributed by atoms with Crippen molar-refractivity contribution < 1.29 is 19.1 Å². The van der Waals surface area contributed by atoms with Crippen LogP contribution in [0.2, 0.25) is 5.02 Å². The molecule has 172 valence electrons. The van der Waals surface area contributed by atoms with Gasteiger partial charge in [0, 0.05) is 23.7 Å². The van der Waals surface area contributed by atoms with Crippen molar-refractivity contribution in [3.63, 3.8) is 0 Å². The average molecular weight is 487 g/mol. The Kier molecular flexibility index (Phi) is 7.51. The van der Waals surface area contributed by atoms with Gasteiger partial charge >= 0.3 is 0 Å². The Morgan fingerprint density at radius 1 is 1.06 bits per heavy atom. The number of hydrogen-bond acceptors (Lipinski definition) is 7. The summed E-state index contributed by atoms with van der Waals surface area (Å²) >= 11 is 7.29. The second kappa shape index (κ2) is 10.7. The molecular formula is C23H23ClN4O4S. The van der Waals surface area contributed by atoms with Crippen LogP contribution in [0.3, 0.4) is 0 Å². The zero-order valence-electron chi connectivity index (χ0n) is 18.1. The van der Waals surface area contributed by atoms with Crippen molar-refractivity contribution in [1.82, 2.24) is 19.7 Å². The third-order valence-electron chi connectivity index (χ3n) is 4.99. The molecule has 0 bridgehead atoms. The number of benzene rings is 2. The molecule has 1 saturated heterocycles. The van der Waals surface area contributed by atoms with Crippen LogP contribution in [0.15, 0.2) is 53.7 Å². The van der Waals surface area contributed by atoms with Gasteiger partial charge < -0.3 is 9.47 Å². The Labute approximate surface area is 200 Å². The van der Waals surface area contributed by atoms with Gasteiger partial charge in [-0.2, -0.15) is 0 Å². The van der Waals surface area contributed by atoms with Crippen LogP contribution in [0.25, 0.3) is 5.69 Å². The van der Waals surface area contributed by atoms with Gasteiger partial charge in [0.25, 0.3) is 0 Å². The van der Waals surface area contributed by atoms with Gasteiger partial charge in [0.05, 0.1) is 12.4 Å². The summed E-state index contributed by atoms with van der Waals surface area (Å²) in [6, 6.07) is 14.6. The summed E-state index contributed by atoms with van der Waals surface area (Å²) in [5.41, 5.74) is 0.793. The van der Waals surface area contributed by atoms with Crippen LogP contribution in [0.1, 0.15) is 25.6 Å². The number of halogens is 1. The van der Waals surface area contributed by atoms with Crippen molar-refractivity contribution in [1.29, 1.82) is 0 Å². The van der Waals surface area contributed by atoms with E-state index in [0.717, 1.165) is 11.4 Å². The number of hydrogen-bond donors (Lipinski definition) is 0. The summed E-state index contributed by atoms with van der Waals surface area (Å²) in [6.45, 7) is 3.17. The molecule has 0 saturated carbocycles. The fourth-order valence-electron chi connectivity index (χ4n) is 3.40. The van der Waals surface area contributed by atoms with Crippen molar-refractivity contribution in [2.24, 2.45) is 0 Å². The lowest BCUT2D eigenvalue weighted by Crippen LogP contribution is -2.33. The van der Waals surface area contributed by atoms with Crippen LogP contribution in [-0.2, 0) is 16.2 Å². The van der Waals surface area contributed by atoms with Gasteiger partial charge in [-0.3, -0.25) is 19.1 Å². The molecule has 0 atom stereocenters.